The Labute approximate surface area is 104 Å². The van der Waals surface area contributed by atoms with Crippen LogP contribution in [0, 0.1) is 0 Å². The minimum absolute atomic E-state index is 0.0273. The zero-order valence-corrected chi connectivity index (χ0v) is 10.6. The zero-order valence-electron chi connectivity index (χ0n) is 10.6. The molecule has 3 N–H and O–H groups in total. The van der Waals surface area contributed by atoms with Gasteiger partial charge in [0.05, 0.1) is 12.1 Å². The number of hydrogen-bond donors (Lipinski definition) is 2. The summed E-state index contributed by atoms with van der Waals surface area (Å²) < 4.78 is 5.55. The summed E-state index contributed by atoms with van der Waals surface area (Å²) >= 11 is 0. The molecule has 3 heteroatoms. The Morgan fingerprint density at radius 3 is 2.53 bits per heavy atom. The Kier molecular flexibility index (Phi) is 5.91. The number of nitrogens with two attached hydrogens (primary N) is 1. The molecule has 0 fully saturated rings. The Balaban J connectivity index is 2.73. The van der Waals surface area contributed by atoms with Gasteiger partial charge in [-0.1, -0.05) is 35.9 Å². The van der Waals surface area contributed by atoms with E-state index in [1.807, 2.05) is 25.1 Å². The number of hydrogen-bond acceptors (Lipinski definition) is 3. The van der Waals surface area contributed by atoms with E-state index in [2.05, 4.69) is 24.1 Å². The SMILES string of the molecule is C=C(C)CCC(NN)C(OC)c1ccccc1. The number of allylic oxidation sites excluding steroid dienone is 1. The topological polar surface area (TPSA) is 47.3 Å². The first kappa shape index (κ1) is 13.9. The van der Waals surface area contributed by atoms with Crippen LogP contribution in [0.2, 0.25) is 0 Å². The first-order valence-corrected chi connectivity index (χ1v) is 5.87. The van der Waals surface area contributed by atoms with Gasteiger partial charge in [-0.15, -0.1) is 6.58 Å². The third-order valence-corrected chi connectivity index (χ3v) is 2.84. The number of rotatable bonds is 7. The van der Waals surface area contributed by atoms with E-state index in [9.17, 15) is 0 Å². The minimum atomic E-state index is -0.0273. The molecule has 1 rings (SSSR count). The molecule has 94 valence electrons. The maximum absolute atomic E-state index is 5.61. The Morgan fingerprint density at radius 2 is 2.06 bits per heavy atom. The molecule has 2 unspecified atom stereocenters. The van der Waals surface area contributed by atoms with E-state index >= 15 is 0 Å². The van der Waals surface area contributed by atoms with Crippen LogP contribution in [0.5, 0.6) is 0 Å². The smallest absolute Gasteiger partial charge is 0.0987 e. The largest absolute Gasteiger partial charge is 0.375 e. The maximum atomic E-state index is 5.61. The highest BCUT2D eigenvalue weighted by Gasteiger charge is 2.21. The Hall–Kier alpha value is -1.16. The van der Waals surface area contributed by atoms with Crippen molar-refractivity contribution in [2.24, 2.45) is 5.84 Å². The fourth-order valence-corrected chi connectivity index (χ4v) is 1.90. The van der Waals surface area contributed by atoms with Crippen LogP contribution in [0.15, 0.2) is 42.5 Å². The molecule has 0 saturated heterocycles. The lowest BCUT2D eigenvalue weighted by Crippen LogP contribution is -2.40. The standard InChI is InChI=1S/C14H22N2O/c1-11(2)9-10-13(16-15)14(17-3)12-7-5-4-6-8-12/h4-8,13-14,16H,1,9-10,15H2,2-3H3. The Morgan fingerprint density at radius 1 is 1.41 bits per heavy atom. The minimum Gasteiger partial charge on any atom is -0.375 e. The van der Waals surface area contributed by atoms with Gasteiger partial charge in [-0.05, 0) is 25.3 Å². The molecular formula is C14H22N2O. The highest BCUT2D eigenvalue weighted by atomic mass is 16.5. The molecule has 0 radical (unpaired) electrons. The highest BCUT2D eigenvalue weighted by Crippen LogP contribution is 2.23. The molecule has 0 amide bonds. The molecule has 3 nitrogen and oxygen atoms in total. The lowest BCUT2D eigenvalue weighted by molar-refractivity contribution is 0.0650. The third kappa shape index (κ3) is 4.30. The fourth-order valence-electron chi connectivity index (χ4n) is 1.90. The van der Waals surface area contributed by atoms with Gasteiger partial charge in [0.2, 0.25) is 0 Å². The summed E-state index contributed by atoms with van der Waals surface area (Å²) in [6.07, 6.45) is 1.83. The van der Waals surface area contributed by atoms with Gasteiger partial charge in [0.25, 0.3) is 0 Å². The monoisotopic (exact) mass is 234 g/mol. The number of hydrazine groups is 1. The second kappa shape index (κ2) is 7.22. The van der Waals surface area contributed by atoms with Crippen molar-refractivity contribution in [3.8, 4) is 0 Å². The number of ether oxygens (including phenoxy) is 1. The van der Waals surface area contributed by atoms with E-state index in [4.69, 9.17) is 10.6 Å². The van der Waals surface area contributed by atoms with E-state index in [-0.39, 0.29) is 12.1 Å². The molecule has 0 aliphatic carbocycles. The summed E-state index contributed by atoms with van der Waals surface area (Å²) in [7, 11) is 1.71. The molecule has 0 spiro atoms. The van der Waals surface area contributed by atoms with Crippen LogP contribution in [0.3, 0.4) is 0 Å². The second-order valence-electron chi connectivity index (χ2n) is 4.34. The van der Waals surface area contributed by atoms with Gasteiger partial charge < -0.3 is 4.74 Å². The third-order valence-electron chi connectivity index (χ3n) is 2.84. The average Bonchev–Trinajstić information content (AvgIpc) is 2.35. The second-order valence-corrected chi connectivity index (χ2v) is 4.34. The van der Waals surface area contributed by atoms with Gasteiger partial charge in [0.15, 0.2) is 0 Å². The normalized spacial score (nSPS) is 14.3. The zero-order chi connectivity index (χ0) is 12.7. The molecule has 0 heterocycles. The van der Waals surface area contributed by atoms with Gasteiger partial charge in [-0.2, -0.15) is 0 Å². The predicted octanol–water partition coefficient (Wildman–Crippen LogP) is 2.56. The van der Waals surface area contributed by atoms with Crippen LogP contribution in [0.1, 0.15) is 31.4 Å². The van der Waals surface area contributed by atoms with Crippen LogP contribution in [-0.4, -0.2) is 13.2 Å². The molecule has 0 aliphatic heterocycles. The fraction of sp³-hybridized carbons (Fsp3) is 0.429. The van der Waals surface area contributed by atoms with Gasteiger partial charge in [0.1, 0.15) is 0 Å². The molecule has 0 saturated carbocycles. The van der Waals surface area contributed by atoms with Gasteiger partial charge >= 0.3 is 0 Å². The summed E-state index contributed by atoms with van der Waals surface area (Å²) in [5.74, 6) is 5.61. The molecule has 1 aromatic carbocycles. The summed E-state index contributed by atoms with van der Waals surface area (Å²) in [5, 5.41) is 0. The van der Waals surface area contributed by atoms with Gasteiger partial charge in [-0.3, -0.25) is 11.3 Å². The molecule has 17 heavy (non-hydrogen) atoms. The van der Waals surface area contributed by atoms with E-state index in [0.717, 1.165) is 24.0 Å². The van der Waals surface area contributed by atoms with Gasteiger partial charge in [-0.25, -0.2) is 0 Å². The van der Waals surface area contributed by atoms with Crippen LogP contribution in [-0.2, 0) is 4.74 Å². The summed E-state index contributed by atoms with van der Waals surface area (Å²) in [6.45, 7) is 5.94. The highest BCUT2D eigenvalue weighted by molar-refractivity contribution is 5.19. The van der Waals surface area contributed by atoms with Crippen molar-refractivity contribution in [3.05, 3.63) is 48.0 Å². The number of benzene rings is 1. The summed E-state index contributed by atoms with van der Waals surface area (Å²) in [6, 6.07) is 10.2. The van der Waals surface area contributed by atoms with Crippen molar-refractivity contribution in [2.75, 3.05) is 7.11 Å². The Bertz CT molecular complexity index is 337. The van der Waals surface area contributed by atoms with Crippen molar-refractivity contribution in [3.63, 3.8) is 0 Å². The van der Waals surface area contributed by atoms with Crippen LogP contribution < -0.4 is 11.3 Å². The molecule has 0 aromatic heterocycles. The summed E-state index contributed by atoms with van der Waals surface area (Å²) in [5.41, 5.74) is 5.14. The quantitative estimate of drug-likeness (QED) is 0.433. The maximum Gasteiger partial charge on any atom is 0.0987 e. The van der Waals surface area contributed by atoms with Crippen molar-refractivity contribution < 1.29 is 4.74 Å². The number of methoxy groups -OCH3 is 1. The number of nitrogens with one attached hydrogen (secondary N) is 1. The van der Waals surface area contributed by atoms with E-state index in [0.29, 0.717) is 0 Å². The van der Waals surface area contributed by atoms with Gasteiger partial charge in [0, 0.05) is 7.11 Å². The molecule has 2 atom stereocenters. The lowest BCUT2D eigenvalue weighted by atomic mass is 9.97. The van der Waals surface area contributed by atoms with Crippen molar-refractivity contribution in [2.45, 2.75) is 31.9 Å². The first-order valence-electron chi connectivity index (χ1n) is 5.87. The van der Waals surface area contributed by atoms with Crippen LogP contribution in [0.4, 0.5) is 0 Å². The van der Waals surface area contributed by atoms with Crippen molar-refractivity contribution in [1.82, 2.24) is 5.43 Å². The van der Waals surface area contributed by atoms with E-state index in [1.54, 1.807) is 7.11 Å². The molecule has 1 aromatic rings. The predicted molar refractivity (Wildman–Crippen MR) is 71.4 cm³/mol. The van der Waals surface area contributed by atoms with Crippen molar-refractivity contribution in [1.29, 1.82) is 0 Å². The lowest BCUT2D eigenvalue weighted by Gasteiger charge is -2.25. The molecule has 0 aliphatic rings. The first-order chi connectivity index (χ1) is 8.19. The van der Waals surface area contributed by atoms with Crippen LogP contribution >= 0.6 is 0 Å². The van der Waals surface area contributed by atoms with Crippen LogP contribution in [0.25, 0.3) is 0 Å². The average molecular weight is 234 g/mol. The molecule has 0 bridgehead atoms. The molecular weight excluding hydrogens is 212 g/mol. The summed E-state index contributed by atoms with van der Waals surface area (Å²) in [4.78, 5) is 0. The van der Waals surface area contributed by atoms with E-state index in [1.165, 1.54) is 0 Å². The van der Waals surface area contributed by atoms with Crippen molar-refractivity contribution >= 4 is 0 Å². The van der Waals surface area contributed by atoms with E-state index < -0.39 is 0 Å².